The highest BCUT2D eigenvalue weighted by Gasteiger charge is 2.16. The van der Waals surface area contributed by atoms with E-state index < -0.39 is 0 Å². The van der Waals surface area contributed by atoms with Crippen molar-refractivity contribution in [2.24, 2.45) is 5.92 Å². The van der Waals surface area contributed by atoms with E-state index in [0.29, 0.717) is 18.2 Å². The Kier molecular flexibility index (Phi) is 5.02. The second-order valence-electron chi connectivity index (χ2n) is 7.08. The lowest BCUT2D eigenvalue weighted by molar-refractivity contribution is -0.116. The predicted octanol–water partition coefficient (Wildman–Crippen LogP) is 4.68. The number of para-hydroxylation sites is 1. The first-order valence-corrected chi connectivity index (χ1v) is 9.06. The van der Waals surface area contributed by atoms with E-state index in [1.165, 1.54) is 0 Å². The Morgan fingerprint density at radius 1 is 1.32 bits per heavy atom. The van der Waals surface area contributed by atoms with Gasteiger partial charge in [0, 0.05) is 18.4 Å². The highest BCUT2D eigenvalue weighted by Crippen LogP contribution is 2.27. The normalized spacial score (nSPS) is 11.6. The van der Waals surface area contributed by atoms with Crippen molar-refractivity contribution < 1.29 is 4.79 Å². The number of benzene rings is 1. The lowest BCUT2D eigenvalue weighted by Gasteiger charge is -2.05. The maximum absolute atomic E-state index is 12.2. The van der Waals surface area contributed by atoms with Crippen molar-refractivity contribution in [2.75, 3.05) is 5.32 Å². The van der Waals surface area contributed by atoms with E-state index in [-0.39, 0.29) is 5.91 Å². The molecule has 0 aliphatic heterocycles. The summed E-state index contributed by atoms with van der Waals surface area (Å²) in [5.41, 5.74) is 2.98. The van der Waals surface area contributed by atoms with E-state index in [1.54, 1.807) is 0 Å². The van der Waals surface area contributed by atoms with Crippen molar-refractivity contribution in [1.29, 1.82) is 0 Å². The van der Waals surface area contributed by atoms with Crippen molar-refractivity contribution in [3.8, 4) is 0 Å². The van der Waals surface area contributed by atoms with E-state index in [9.17, 15) is 4.79 Å². The van der Waals surface area contributed by atoms with Crippen molar-refractivity contribution >= 4 is 33.7 Å². The minimum atomic E-state index is 0.00128. The Morgan fingerprint density at radius 3 is 2.84 bits per heavy atom. The van der Waals surface area contributed by atoms with Gasteiger partial charge in [-0.3, -0.25) is 4.79 Å². The zero-order valence-corrected chi connectivity index (χ0v) is 15.5. The molecule has 1 amide bonds. The van der Waals surface area contributed by atoms with Gasteiger partial charge in [-0.15, -0.1) is 0 Å². The number of carbonyl (C=O) groups is 1. The fourth-order valence-electron chi connectivity index (χ4n) is 3.04. The van der Waals surface area contributed by atoms with Crippen LogP contribution in [0.3, 0.4) is 0 Å². The third-order valence-electron chi connectivity index (χ3n) is 4.32. The molecule has 25 heavy (non-hydrogen) atoms. The molecule has 0 saturated heterocycles. The van der Waals surface area contributed by atoms with Crippen molar-refractivity contribution in [1.82, 2.24) is 14.8 Å². The first-order valence-electron chi connectivity index (χ1n) is 9.06. The molecule has 0 saturated carbocycles. The number of hydrogen-bond donors (Lipinski definition) is 1. The van der Waals surface area contributed by atoms with Crippen LogP contribution in [0.1, 0.15) is 45.6 Å². The molecule has 0 unspecified atom stereocenters. The molecule has 0 atom stereocenters. The Balaban J connectivity index is 2.11. The quantitative estimate of drug-likeness (QED) is 0.710. The molecular formula is C20H26N4O. The van der Waals surface area contributed by atoms with Crippen LogP contribution in [0, 0.1) is 12.8 Å². The molecular weight excluding hydrogens is 312 g/mol. The van der Waals surface area contributed by atoms with Gasteiger partial charge >= 0.3 is 0 Å². The van der Waals surface area contributed by atoms with Gasteiger partial charge < -0.3 is 5.32 Å². The molecule has 1 N–H and O–H groups in total. The highest BCUT2D eigenvalue weighted by molar-refractivity contribution is 6.03. The number of carbonyl (C=O) groups excluding carboxylic acids is 1. The number of rotatable bonds is 6. The molecule has 5 heteroatoms. The van der Waals surface area contributed by atoms with Crippen LogP contribution in [0.4, 0.5) is 5.82 Å². The summed E-state index contributed by atoms with van der Waals surface area (Å²) in [5.74, 6) is 0.934. The summed E-state index contributed by atoms with van der Waals surface area (Å²) < 4.78 is 1.93. The minimum absolute atomic E-state index is 0.00128. The van der Waals surface area contributed by atoms with E-state index in [0.717, 1.165) is 46.9 Å². The van der Waals surface area contributed by atoms with Gasteiger partial charge in [0.15, 0.2) is 11.5 Å². The average Bonchev–Trinajstić information content (AvgIpc) is 2.88. The second kappa shape index (κ2) is 7.21. The van der Waals surface area contributed by atoms with Gasteiger partial charge in [0.05, 0.1) is 10.9 Å². The number of nitrogens with one attached hydrogen (secondary N) is 1. The van der Waals surface area contributed by atoms with Crippen molar-refractivity contribution in [3.63, 3.8) is 0 Å². The molecule has 0 aliphatic rings. The summed E-state index contributed by atoms with van der Waals surface area (Å²) in [5, 5.41) is 9.61. The molecule has 0 bridgehead atoms. The van der Waals surface area contributed by atoms with E-state index >= 15 is 0 Å². The molecule has 132 valence electrons. The van der Waals surface area contributed by atoms with Gasteiger partial charge in [0.25, 0.3) is 0 Å². The monoisotopic (exact) mass is 338 g/mol. The number of aryl methyl sites for hydroxylation is 2. The van der Waals surface area contributed by atoms with Gasteiger partial charge in [-0.2, -0.15) is 5.10 Å². The molecule has 3 aromatic rings. The van der Waals surface area contributed by atoms with Gasteiger partial charge in [-0.1, -0.05) is 45.4 Å². The maximum Gasteiger partial charge on any atom is 0.225 e. The number of aromatic nitrogens is 3. The third-order valence-corrected chi connectivity index (χ3v) is 4.32. The number of pyridine rings is 1. The molecule has 1 aromatic carbocycles. The Hall–Kier alpha value is -2.43. The Morgan fingerprint density at radius 2 is 2.12 bits per heavy atom. The summed E-state index contributed by atoms with van der Waals surface area (Å²) >= 11 is 0. The number of unbranched alkanes of at least 4 members (excludes halogenated alkanes) is 1. The standard InChI is InChI=1S/C20H26N4O/c1-5-6-10-24-20-16(19(23-24)21-17(25)11-13(2)3)12-15-9-7-8-14(4)18(15)22-20/h7-9,12-13H,5-6,10-11H2,1-4H3,(H,21,23,25). The summed E-state index contributed by atoms with van der Waals surface area (Å²) in [7, 11) is 0. The molecule has 5 nitrogen and oxygen atoms in total. The molecule has 0 spiro atoms. The van der Waals surface area contributed by atoms with Crippen LogP contribution >= 0.6 is 0 Å². The number of anilines is 1. The van der Waals surface area contributed by atoms with Crippen LogP contribution in [-0.2, 0) is 11.3 Å². The van der Waals surface area contributed by atoms with Crippen LogP contribution < -0.4 is 5.32 Å². The van der Waals surface area contributed by atoms with Gasteiger partial charge in [-0.25, -0.2) is 9.67 Å². The fourth-order valence-corrected chi connectivity index (χ4v) is 3.04. The van der Waals surface area contributed by atoms with Gasteiger partial charge in [0.1, 0.15) is 0 Å². The molecule has 0 radical (unpaired) electrons. The zero-order chi connectivity index (χ0) is 18.0. The van der Waals surface area contributed by atoms with Gasteiger partial charge in [-0.05, 0) is 30.9 Å². The first kappa shape index (κ1) is 17.4. The molecule has 2 aromatic heterocycles. The number of fused-ring (bicyclic) bond motifs is 2. The van der Waals surface area contributed by atoms with Crippen molar-refractivity contribution in [3.05, 3.63) is 29.8 Å². The highest BCUT2D eigenvalue weighted by atomic mass is 16.1. The molecule has 2 heterocycles. The summed E-state index contributed by atoms with van der Waals surface area (Å²) in [6.45, 7) is 9.10. The Bertz CT molecular complexity index is 911. The van der Waals surface area contributed by atoms with Crippen LogP contribution in [0.2, 0.25) is 0 Å². The van der Waals surface area contributed by atoms with Gasteiger partial charge in [0.2, 0.25) is 5.91 Å². The van der Waals surface area contributed by atoms with Crippen LogP contribution in [0.15, 0.2) is 24.3 Å². The summed E-state index contributed by atoms with van der Waals surface area (Å²) in [6.07, 6.45) is 2.61. The fraction of sp³-hybridized carbons (Fsp3) is 0.450. The van der Waals surface area contributed by atoms with Crippen LogP contribution in [0.25, 0.3) is 21.9 Å². The minimum Gasteiger partial charge on any atom is -0.309 e. The molecule has 0 aliphatic carbocycles. The third kappa shape index (κ3) is 3.65. The number of amides is 1. The van der Waals surface area contributed by atoms with E-state index in [1.807, 2.05) is 24.6 Å². The topological polar surface area (TPSA) is 59.8 Å². The number of nitrogens with zero attached hydrogens (tertiary/aromatic N) is 3. The smallest absolute Gasteiger partial charge is 0.225 e. The lowest BCUT2D eigenvalue weighted by Crippen LogP contribution is -2.14. The van der Waals surface area contributed by atoms with E-state index in [4.69, 9.17) is 4.98 Å². The SMILES string of the molecule is CCCCn1nc(NC(=O)CC(C)C)c2cc3cccc(C)c3nc21. The maximum atomic E-state index is 12.2. The van der Waals surface area contributed by atoms with E-state index in [2.05, 4.69) is 42.5 Å². The first-order chi connectivity index (χ1) is 12.0. The summed E-state index contributed by atoms with van der Waals surface area (Å²) in [6, 6.07) is 8.24. The largest absolute Gasteiger partial charge is 0.309 e. The Labute approximate surface area is 148 Å². The number of hydrogen-bond acceptors (Lipinski definition) is 3. The van der Waals surface area contributed by atoms with Crippen molar-refractivity contribution in [2.45, 2.75) is 53.5 Å². The predicted molar refractivity (Wildman–Crippen MR) is 103 cm³/mol. The van der Waals surface area contributed by atoms with Crippen LogP contribution in [-0.4, -0.2) is 20.7 Å². The molecule has 0 fully saturated rings. The molecule has 3 rings (SSSR count). The zero-order valence-electron chi connectivity index (χ0n) is 15.5. The second-order valence-corrected chi connectivity index (χ2v) is 7.08. The summed E-state index contributed by atoms with van der Waals surface area (Å²) in [4.78, 5) is 17.1. The van der Waals surface area contributed by atoms with Crippen LogP contribution in [0.5, 0.6) is 0 Å². The lowest BCUT2D eigenvalue weighted by atomic mass is 10.1. The average molecular weight is 338 g/mol.